The first-order valence-electron chi connectivity index (χ1n) is 9.78. The van der Waals surface area contributed by atoms with E-state index in [0.717, 1.165) is 10.9 Å². The van der Waals surface area contributed by atoms with E-state index in [1.807, 2.05) is 11.9 Å². The number of nitrogens with one attached hydrogen (secondary N) is 1. The Morgan fingerprint density at radius 3 is 2.46 bits per heavy atom. The summed E-state index contributed by atoms with van der Waals surface area (Å²) in [5.41, 5.74) is 7.81. The van der Waals surface area contributed by atoms with Crippen molar-refractivity contribution in [1.82, 2.24) is 14.3 Å². The highest BCUT2D eigenvalue weighted by Crippen LogP contribution is 2.27. The Labute approximate surface area is 170 Å². The zero-order chi connectivity index (χ0) is 19.9. The summed E-state index contributed by atoms with van der Waals surface area (Å²) in [6, 6.07) is 12.5. The highest BCUT2D eigenvalue weighted by Gasteiger charge is 2.11. The Kier molecular flexibility index (Phi) is 7.12. The normalized spacial score (nSPS) is 14.7. The lowest BCUT2D eigenvalue weighted by molar-refractivity contribution is 0.0996. The summed E-state index contributed by atoms with van der Waals surface area (Å²) >= 11 is 1.92. The second kappa shape index (κ2) is 9.75. The molecule has 1 amide bonds. The predicted octanol–water partition coefficient (Wildman–Crippen LogP) is 4.96. The van der Waals surface area contributed by atoms with E-state index in [1.165, 1.54) is 42.8 Å². The minimum Gasteiger partial charge on any atom is -0.364 e. The highest BCUT2D eigenvalue weighted by atomic mass is 32.2. The average Bonchev–Trinajstić information content (AvgIpc) is 3.14. The lowest BCUT2D eigenvalue weighted by atomic mass is 10.0. The van der Waals surface area contributed by atoms with Crippen LogP contribution in [0.4, 0.5) is 0 Å². The summed E-state index contributed by atoms with van der Waals surface area (Å²) in [4.78, 5) is 18.9. The zero-order valence-electron chi connectivity index (χ0n) is 16.5. The summed E-state index contributed by atoms with van der Waals surface area (Å²) in [5.74, 6) is 0.181. The Morgan fingerprint density at radius 1 is 1.14 bits per heavy atom. The van der Waals surface area contributed by atoms with Gasteiger partial charge in [-0.25, -0.2) is 4.31 Å². The molecule has 148 valence electrons. The van der Waals surface area contributed by atoms with Gasteiger partial charge in [0.25, 0.3) is 5.91 Å². The second-order valence-corrected chi connectivity index (χ2v) is 8.49. The Morgan fingerprint density at radius 2 is 1.86 bits per heavy atom. The molecular weight excluding hydrogens is 368 g/mol. The molecule has 1 aromatic carbocycles. The topological polar surface area (TPSA) is 75.0 Å². The van der Waals surface area contributed by atoms with Gasteiger partial charge in [-0.2, -0.15) is 0 Å². The number of hydrogen-bond acceptors (Lipinski definition) is 4. The number of fused-ring (bicyclic) bond motifs is 1. The van der Waals surface area contributed by atoms with Gasteiger partial charge in [0.15, 0.2) is 0 Å². The number of nitrogens with zero attached hydrogens (tertiary/aromatic N) is 2. The molecule has 28 heavy (non-hydrogen) atoms. The summed E-state index contributed by atoms with van der Waals surface area (Å²) < 4.78 is 2.49. The van der Waals surface area contributed by atoms with Crippen LogP contribution < -0.4 is 5.73 Å². The number of rotatable bonds is 4. The van der Waals surface area contributed by atoms with Crippen LogP contribution in [0.3, 0.4) is 0 Å². The van der Waals surface area contributed by atoms with E-state index >= 15 is 0 Å². The van der Waals surface area contributed by atoms with E-state index in [2.05, 4.69) is 52.4 Å². The van der Waals surface area contributed by atoms with Gasteiger partial charge in [-0.15, -0.1) is 0 Å². The van der Waals surface area contributed by atoms with Crippen molar-refractivity contribution in [1.29, 1.82) is 0 Å². The van der Waals surface area contributed by atoms with E-state index in [-0.39, 0.29) is 0 Å². The Bertz CT molecular complexity index is 865. The molecule has 1 aliphatic heterocycles. The molecule has 5 nitrogen and oxygen atoms in total. The molecule has 0 radical (unpaired) electrons. The molecule has 0 aliphatic carbocycles. The molecule has 0 spiro atoms. The maximum atomic E-state index is 10.7. The molecule has 0 atom stereocenters. The van der Waals surface area contributed by atoms with Crippen LogP contribution in [0, 0.1) is 0 Å². The molecule has 1 saturated heterocycles. The SMILES string of the molecule is CC(C)c1ccc(SN2CCCCC2)cc1.NC(=O)c1cc2cnccc2[nH]1. The molecule has 4 rings (SSSR count). The van der Waals surface area contributed by atoms with Gasteiger partial charge in [0.1, 0.15) is 5.69 Å². The van der Waals surface area contributed by atoms with E-state index in [4.69, 9.17) is 5.73 Å². The van der Waals surface area contributed by atoms with Gasteiger partial charge < -0.3 is 10.7 Å². The fourth-order valence-corrected chi connectivity index (χ4v) is 4.12. The first-order valence-corrected chi connectivity index (χ1v) is 10.6. The van der Waals surface area contributed by atoms with Crippen LogP contribution in [0.5, 0.6) is 0 Å². The number of aromatic nitrogens is 2. The molecule has 2 aromatic heterocycles. The minimum atomic E-state index is -0.453. The molecule has 6 heteroatoms. The van der Waals surface area contributed by atoms with Crippen LogP contribution in [0.2, 0.25) is 0 Å². The van der Waals surface area contributed by atoms with Gasteiger partial charge in [-0.05, 0) is 60.5 Å². The van der Waals surface area contributed by atoms with Crippen molar-refractivity contribution in [2.24, 2.45) is 5.73 Å². The first-order chi connectivity index (χ1) is 13.5. The first kappa shape index (κ1) is 20.4. The lowest BCUT2D eigenvalue weighted by Crippen LogP contribution is -2.22. The summed E-state index contributed by atoms with van der Waals surface area (Å²) in [5, 5.41) is 0.895. The van der Waals surface area contributed by atoms with Crippen molar-refractivity contribution in [2.75, 3.05) is 13.1 Å². The molecular formula is C22H28N4OS. The van der Waals surface area contributed by atoms with E-state index in [0.29, 0.717) is 11.6 Å². The smallest absolute Gasteiger partial charge is 0.265 e. The number of pyridine rings is 1. The summed E-state index contributed by atoms with van der Waals surface area (Å²) in [6.45, 7) is 6.98. The average molecular weight is 397 g/mol. The van der Waals surface area contributed by atoms with Gasteiger partial charge in [-0.3, -0.25) is 9.78 Å². The molecule has 3 aromatic rings. The molecule has 0 bridgehead atoms. The largest absolute Gasteiger partial charge is 0.364 e. The van der Waals surface area contributed by atoms with Gasteiger partial charge in [0.05, 0.1) is 0 Å². The lowest BCUT2D eigenvalue weighted by Gasteiger charge is -2.25. The second-order valence-electron chi connectivity index (χ2n) is 7.31. The monoisotopic (exact) mass is 396 g/mol. The number of amides is 1. The maximum absolute atomic E-state index is 10.7. The number of carbonyl (C=O) groups is 1. The van der Waals surface area contributed by atoms with Crippen LogP contribution in [-0.4, -0.2) is 33.3 Å². The predicted molar refractivity (Wildman–Crippen MR) is 116 cm³/mol. The Balaban J connectivity index is 0.000000167. The highest BCUT2D eigenvalue weighted by molar-refractivity contribution is 7.97. The number of H-pyrrole nitrogens is 1. The number of hydrogen-bond donors (Lipinski definition) is 2. The van der Waals surface area contributed by atoms with Crippen LogP contribution in [0.1, 0.15) is 55.1 Å². The summed E-state index contributed by atoms with van der Waals surface area (Å²) in [6.07, 6.45) is 7.46. The molecule has 1 aliphatic rings. The number of carbonyl (C=O) groups excluding carboxylic acids is 1. The number of benzene rings is 1. The zero-order valence-corrected chi connectivity index (χ0v) is 17.3. The third-order valence-electron chi connectivity index (χ3n) is 4.78. The maximum Gasteiger partial charge on any atom is 0.265 e. The standard InChI is InChI=1S/C14H21NS.C8H7N3O/c1-12(2)13-6-8-14(9-7-13)16-15-10-4-3-5-11-15;9-8(12)7-3-5-4-10-2-1-6(5)11-7/h6-9,12H,3-5,10-11H2,1-2H3;1-4,11H,(H2,9,12). The quantitative estimate of drug-likeness (QED) is 0.611. The van der Waals surface area contributed by atoms with E-state index < -0.39 is 5.91 Å². The molecule has 0 saturated carbocycles. The van der Waals surface area contributed by atoms with Crippen LogP contribution >= 0.6 is 11.9 Å². The van der Waals surface area contributed by atoms with Gasteiger partial charge in [0.2, 0.25) is 0 Å². The van der Waals surface area contributed by atoms with Crippen LogP contribution in [-0.2, 0) is 0 Å². The number of nitrogens with two attached hydrogens (primary N) is 1. The fraction of sp³-hybridized carbons (Fsp3) is 0.364. The van der Waals surface area contributed by atoms with Crippen LogP contribution in [0.25, 0.3) is 10.9 Å². The van der Waals surface area contributed by atoms with Gasteiger partial charge in [-0.1, -0.05) is 32.4 Å². The molecule has 3 heterocycles. The van der Waals surface area contributed by atoms with Crippen molar-refractivity contribution < 1.29 is 4.79 Å². The van der Waals surface area contributed by atoms with Crippen molar-refractivity contribution in [3.8, 4) is 0 Å². The van der Waals surface area contributed by atoms with Crippen molar-refractivity contribution in [2.45, 2.75) is 43.9 Å². The summed E-state index contributed by atoms with van der Waals surface area (Å²) in [7, 11) is 0. The van der Waals surface area contributed by atoms with Crippen LogP contribution in [0.15, 0.2) is 53.7 Å². The van der Waals surface area contributed by atoms with Crippen molar-refractivity contribution in [3.05, 3.63) is 60.0 Å². The third-order valence-corrected chi connectivity index (χ3v) is 5.89. The molecule has 0 unspecified atom stereocenters. The van der Waals surface area contributed by atoms with Gasteiger partial charge in [0, 0.05) is 41.3 Å². The molecule has 3 N–H and O–H groups in total. The van der Waals surface area contributed by atoms with Gasteiger partial charge >= 0.3 is 0 Å². The van der Waals surface area contributed by atoms with E-state index in [9.17, 15) is 4.79 Å². The molecule has 1 fully saturated rings. The van der Waals surface area contributed by atoms with Crippen molar-refractivity contribution in [3.63, 3.8) is 0 Å². The third kappa shape index (κ3) is 5.59. The van der Waals surface area contributed by atoms with E-state index in [1.54, 1.807) is 24.5 Å². The fourth-order valence-electron chi connectivity index (χ4n) is 3.12. The number of aromatic amines is 1. The number of piperidine rings is 1. The minimum absolute atomic E-state index is 0.415. The van der Waals surface area contributed by atoms with Crippen molar-refractivity contribution >= 4 is 28.8 Å². The number of primary amides is 1. The Hall–Kier alpha value is -2.31.